The zero-order valence-electron chi connectivity index (χ0n) is 12.3. The zero-order valence-corrected chi connectivity index (χ0v) is 12.3. The van der Waals surface area contributed by atoms with Crippen LogP contribution in [-0.4, -0.2) is 30.2 Å². The van der Waals surface area contributed by atoms with Crippen molar-refractivity contribution in [2.24, 2.45) is 5.92 Å². The molecule has 0 aliphatic carbocycles. The van der Waals surface area contributed by atoms with Crippen LogP contribution < -0.4 is 10.6 Å². The molecule has 4 nitrogen and oxygen atoms in total. The number of carbonyl (C=O) groups is 1. The van der Waals surface area contributed by atoms with E-state index in [2.05, 4.69) is 24.5 Å². The molecular formula is C16H24N2O2. The van der Waals surface area contributed by atoms with Gasteiger partial charge in [-0.2, -0.15) is 0 Å². The number of hydrogen-bond acceptors (Lipinski definition) is 3. The van der Waals surface area contributed by atoms with E-state index in [9.17, 15) is 9.90 Å². The van der Waals surface area contributed by atoms with Gasteiger partial charge in [0, 0.05) is 24.3 Å². The normalized spacial score (nSPS) is 14.8. The van der Waals surface area contributed by atoms with E-state index in [4.69, 9.17) is 0 Å². The predicted octanol–water partition coefficient (Wildman–Crippen LogP) is 2.18. The van der Waals surface area contributed by atoms with Gasteiger partial charge in [0.15, 0.2) is 0 Å². The van der Waals surface area contributed by atoms with Crippen molar-refractivity contribution in [3.8, 4) is 0 Å². The molecule has 1 aromatic carbocycles. The van der Waals surface area contributed by atoms with Crippen molar-refractivity contribution in [1.82, 2.24) is 5.32 Å². The van der Waals surface area contributed by atoms with E-state index in [1.54, 1.807) is 0 Å². The number of hydrogen-bond donors (Lipinski definition) is 3. The summed E-state index contributed by atoms with van der Waals surface area (Å²) in [4.78, 5) is 12.1. The van der Waals surface area contributed by atoms with Crippen molar-refractivity contribution >= 4 is 11.6 Å². The third kappa shape index (κ3) is 3.31. The van der Waals surface area contributed by atoms with Gasteiger partial charge >= 0.3 is 0 Å². The highest BCUT2D eigenvalue weighted by atomic mass is 16.3. The van der Waals surface area contributed by atoms with Gasteiger partial charge in [-0.25, -0.2) is 0 Å². The number of nitrogens with one attached hydrogen (secondary N) is 2. The molecular weight excluding hydrogens is 252 g/mol. The quantitative estimate of drug-likeness (QED) is 0.746. The van der Waals surface area contributed by atoms with E-state index >= 15 is 0 Å². The number of aliphatic hydroxyl groups excluding tert-OH is 1. The van der Waals surface area contributed by atoms with Crippen molar-refractivity contribution in [2.75, 3.05) is 18.4 Å². The SMILES string of the molecule is CCC(CC)C(O)CNC(=O)c1ccc2c(c1)NCC2. The van der Waals surface area contributed by atoms with E-state index in [1.807, 2.05) is 18.2 Å². The minimum atomic E-state index is -0.471. The summed E-state index contributed by atoms with van der Waals surface area (Å²) in [6.45, 7) is 5.38. The molecule has 0 fully saturated rings. The number of rotatable bonds is 6. The first kappa shape index (κ1) is 14.9. The smallest absolute Gasteiger partial charge is 0.251 e. The number of carbonyl (C=O) groups excluding carboxylic acids is 1. The van der Waals surface area contributed by atoms with Crippen LogP contribution in [0, 0.1) is 5.92 Å². The average Bonchev–Trinajstić information content (AvgIpc) is 2.93. The van der Waals surface area contributed by atoms with Crippen molar-refractivity contribution in [3.05, 3.63) is 29.3 Å². The van der Waals surface area contributed by atoms with Crippen LogP contribution in [0.25, 0.3) is 0 Å². The summed E-state index contributed by atoms with van der Waals surface area (Å²) in [6.07, 6.45) is 2.40. The summed E-state index contributed by atoms with van der Waals surface area (Å²) in [5, 5.41) is 16.1. The molecule has 2 rings (SSSR count). The fourth-order valence-electron chi connectivity index (χ4n) is 2.73. The molecule has 110 valence electrons. The maximum atomic E-state index is 12.1. The molecule has 1 aromatic rings. The van der Waals surface area contributed by atoms with Crippen LogP contribution in [0.15, 0.2) is 18.2 Å². The molecule has 0 saturated carbocycles. The lowest BCUT2D eigenvalue weighted by atomic mass is 9.96. The highest BCUT2D eigenvalue weighted by Gasteiger charge is 2.17. The second kappa shape index (κ2) is 6.75. The zero-order chi connectivity index (χ0) is 14.5. The van der Waals surface area contributed by atoms with Crippen molar-refractivity contribution in [3.63, 3.8) is 0 Å². The number of amides is 1. The van der Waals surface area contributed by atoms with Crippen LogP contribution in [0.4, 0.5) is 5.69 Å². The third-order valence-corrected chi connectivity index (χ3v) is 4.15. The molecule has 20 heavy (non-hydrogen) atoms. The van der Waals surface area contributed by atoms with E-state index in [-0.39, 0.29) is 11.8 Å². The van der Waals surface area contributed by atoms with Crippen LogP contribution in [0.3, 0.4) is 0 Å². The topological polar surface area (TPSA) is 61.4 Å². The Kier molecular flexibility index (Phi) is 5.01. The maximum absolute atomic E-state index is 12.1. The Balaban J connectivity index is 1.92. The minimum Gasteiger partial charge on any atom is -0.391 e. The molecule has 1 atom stereocenters. The largest absolute Gasteiger partial charge is 0.391 e. The van der Waals surface area contributed by atoms with Crippen molar-refractivity contribution in [1.29, 1.82) is 0 Å². The van der Waals surface area contributed by atoms with Gasteiger partial charge in [-0.15, -0.1) is 0 Å². The minimum absolute atomic E-state index is 0.119. The highest BCUT2D eigenvalue weighted by Crippen LogP contribution is 2.23. The van der Waals surface area contributed by atoms with Gasteiger partial charge in [0.05, 0.1) is 6.10 Å². The Morgan fingerprint density at radius 3 is 2.85 bits per heavy atom. The first-order valence-electron chi connectivity index (χ1n) is 7.48. The Hall–Kier alpha value is -1.55. The molecule has 1 amide bonds. The van der Waals surface area contributed by atoms with Crippen LogP contribution in [-0.2, 0) is 6.42 Å². The van der Waals surface area contributed by atoms with Gasteiger partial charge in [-0.05, 0) is 30.0 Å². The molecule has 0 bridgehead atoms. The monoisotopic (exact) mass is 276 g/mol. The predicted molar refractivity (Wildman–Crippen MR) is 81.0 cm³/mol. The average molecular weight is 276 g/mol. The summed E-state index contributed by atoms with van der Waals surface area (Å²) in [6, 6.07) is 5.74. The molecule has 4 heteroatoms. The highest BCUT2D eigenvalue weighted by molar-refractivity contribution is 5.95. The fourth-order valence-corrected chi connectivity index (χ4v) is 2.73. The molecule has 1 heterocycles. The van der Waals surface area contributed by atoms with Crippen molar-refractivity contribution < 1.29 is 9.90 Å². The maximum Gasteiger partial charge on any atom is 0.251 e. The van der Waals surface area contributed by atoms with Gasteiger partial charge in [0.1, 0.15) is 0 Å². The summed E-state index contributed by atoms with van der Waals surface area (Å²) in [5.41, 5.74) is 2.96. The summed E-state index contributed by atoms with van der Waals surface area (Å²) < 4.78 is 0. The van der Waals surface area contributed by atoms with E-state index in [0.717, 1.165) is 31.5 Å². The second-order valence-electron chi connectivity index (χ2n) is 5.40. The van der Waals surface area contributed by atoms with Gasteiger partial charge in [0.2, 0.25) is 0 Å². The summed E-state index contributed by atoms with van der Waals surface area (Å²) >= 11 is 0. The molecule has 0 spiro atoms. The number of benzene rings is 1. The first-order valence-corrected chi connectivity index (χ1v) is 7.48. The van der Waals surface area contributed by atoms with E-state index in [1.165, 1.54) is 5.56 Å². The summed E-state index contributed by atoms with van der Waals surface area (Å²) in [7, 11) is 0. The molecule has 0 aromatic heterocycles. The van der Waals surface area contributed by atoms with Gasteiger partial charge in [-0.3, -0.25) is 4.79 Å². The van der Waals surface area contributed by atoms with E-state index < -0.39 is 6.10 Å². The molecule has 1 aliphatic heterocycles. The fraction of sp³-hybridized carbons (Fsp3) is 0.562. The van der Waals surface area contributed by atoms with Crippen LogP contribution in [0.2, 0.25) is 0 Å². The van der Waals surface area contributed by atoms with E-state index in [0.29, 0.717) is 12.1 Å². The van der Waals surface area contributed by atoms with Crippen LogP contribution >= 0.6 is 0 Å². The molecule has 1 aliphatic rings. The Morgan fingerprint density at radius 2 is 2.15 bits per heavy atom. The summed E-state index contributed by atoms with van der Waals surface area (Å²) in [5.74, 6) is 0.128. The first-order chi connectivity index (χ1) is 9.65. The molecule has 3 N–H and O–H groups in total. The van der Waals surface area contributed by atoms with Crippen molar-refractivity contribution in [2.45, 2.75) is 39.2 Å². The number of fused-ring (bicyclic) bond motifs is 1. The number of aliphatic hydroxyl groups is 1. The Labute approximate surface area is 120 Å². The van der Waals surface area contributed by atoms with Gasteiger partial charge in [-0.1, -0.05) is 32.8 Å². The molecule has 0 saturated heterocycles. The molecule has 1 unspecified atom stereocenters. The number of anilines is 1. The molecule has 0 radical (unpaired) electrons. The lowest BCUT2D eigenvalue weighted by Gasteiger charge is -2.20. The standard InChI is InChI=1S/C16H24N2O2/c1-3-11(4-2)15(19)10-18-16(20)13-6-5-12-7-8-17-14(12)9-13/h5-6,9,11,15,17,19H,3-4,7-8,10H2,1-2H3,(H,18,20). The van der Waals surface area contributed by atoms with Gasteiger partial charge < -0.3 is 15.7 Å². The second-order valence-corrected chi connectivity index (χ2v) is 5.40. The van der Waals surface area contributed by atoms with Gasteiger partial charge in [0.25, 0.3) is 5.91 Å². The van der Waals surface area contributed by atoms with Crippen LogP contribution in [0.5, 0.6) is 0 Å². The third-order valence-electron chi connectivity index (χ3n) is 4.15. The Morgan fingerprint density at radius 1 is 1.40 bits per heavy atom. The van der Waals surface area contributed by atoms with Crippen LogP contribution in [0.1, 0.15) is 42.6 Å². The lowest BCUT2D eigenvalue weighted by molar-refractivity contribution is 0.0816. The Bertz CT molecular complexity index is 470. The lowest BCUT2D eigenvalue weighted by Crippen LogP contribution is -2.36.